The summed E-state index contributed by atoms with van der Waals surface area (Å²) in [5.74, 6) is -0.269. The van der Waals surface area contributed by atoms with E-state index < -0.39 is 6.36 Å². The first-order valence-electron chi connectivity index (χ1n) is 7.72. The lowest BCUT2D eigenvalue weighted by Gasteiger charge is -2.30. The zero-order valence-electron chi connectivity index (χ0n) is 13.9. The van der Waals surface area contributed by atoms with Crippen LogP contribution in [0.2, 0.25) is 0 Å². The molecule has 0 aromatic heterocycles. The molecule has 0 heterocycles. The van der Waals surface area contributed by atoms with Crippen LogP contribution in [0.1, 0.15) is 19.4 Å². The summed E-state index contributed by atoms with van der Waals surface area (Å²) >= 11 is 5.46. The van der Waals surface area contributed by atoms with Crippen molar-refractivity contribution in [3.8, 4) is 5.75 Å². The molecular formula is C18H19F3N2OS. The van der Waals surface area contributed by atoms with Gasteiger partial charge in [0.05, 0.1) is 0 Å². The van der Waals surface area contributed by atoms with Gasteiger partial charge in [-0.3, -0.25) is 0 Å². The average Bonchev–Trinajstić information content (AvgIpc) is 2.53. The van der Waals surface area contributed by atoms with Crippen LogP contribution in [0.3, 0.4) is 0 Å². The molecule has 0 radical (unpaired) electrons. The van der Waals surface area contributed by atoms with Crippen LogP contribution < -0.4 is 10.1 Å². The average molecular weight is 368 g/mol. The largest absolute Gasteiger partial charge is 0.573 e. The Kier molecular flexibility index (Phi) is 6.25. The van der Waals surface area contributed by atoms with Gasteiger partial charge >= 0.3 is 6.36 Å². The zero-order chi connectivity index (χ0) is 18.4. The highest BCUT2D eigenvalue weighted by Gasteiger charge is 2.30. The Morgan fingerprint density at radius 1 is 1.08 bits per heavy atom. The van der Waals surface area contributed by atoms with Crippen LogP contribution >= 0.6 is 12.2 Å². The fourth-order valence-electron chi connectivity index (χ4n) is 2.20. The van der Waals surface area contributed by atoms with Gasteiger partial charge in [-0.25, -0.2) is 0 Å². The molecule has 2 aromatic carbocycles. The summed E-state index contributed by atoms with van der Waals surface area (Å²) in [4.78, 5) is 2.00. The second-order valence-corrected chi connectivity index (χ2v) is 6.10. The van der Waals surface area contributed by atoms with E-state index in [1.165, 1.54) is 24.3 Å². The van der Waals surface area contributed by atoms with E-state index in [9.17, 15) is 13.2 Å². The third-order valence-corrected chi connectivity index (χ3v) is 3.76. The maximum Gasteiger partial charge on any atom is 0.573 e. The summed E-state index contributed by atoms with van der Waals surface area (Å²) in [5.41, 5.74) is 1.72. The molecule has 25 heavy (non-hydrogen) atoms. The van der Waals surface area contributed by atoms with Gasteiger partial charge in [0.1, 0.15) is 5.75 Å². The highest BCUT2D eigenvalue weighted by Crippen LogP contribution is 2.24. The number of benzene rings is 2. The van der Waals surface area contributed by atoms with Gasteiger partial charge in [-0.05, 0) is 55.9 Å². The summed E-state index contributed by atoms with van der Waals surface area (Å²) in [5, 5.41) is 3.56. The quantitative estimate of drug-likeness (QED) is 0.734. The van der Waals surface area contributed by atoms with Crippen LogP contribution in [-0.4, -0.2) is 22.4 Å². The fraction of sp³-hybridized carbons (Fsp3) is 0.278. The maximum absolute atomic E-state index is 12.2. The zero-order valence-corrected chi connectivity index (χ0v) is 14.7. The number of ether oxygens (including phenoxy) is 1. The van der Waals surface area contributed by atoms with Crippen LogP contribution in [-0.2, 0) is 6.54 Å². The van der Waals surface area contributed by atoms with Crippen molar-refractivity contribution in [3.63, 3.8) is 0 Å². The van der Waals surface area contributed by atoms with Gasteiger partial charge in [0.15, 0.2) is 5.11 Å². The minimum atomic E-state index is -4.70. The van der Waals surface area contributed by atoms with E-state index in [1.54, 1.807) is 0 Å². The minimum Gasteiger partial charge on any atom is -0.406 e. The van der Waals surface area contributed by atoms with Crippen molar-refractivity contribution in [3.05, 3.63) is 60.2 Å². The third-order valence-electron chi connectivity index (χ3n) is 3.42. The number of thiocarbonyl (C=S) groups is 1. The molecule has 0 atom stereocenters. The lowest BCUT2D eigenvalue weighted by atomic mass is 10.2. The van der Waals surface area contributed by atoms with Crippen molar-refractivity contribution in [2.45, 2.75) is 32.8 Å². The predicted molar refractivity (Wildman–Crippen MR) is 96.5 cm³/mol. The predicted octanol–water partition coefficient (Wildman–Crippen LogP) is 5.19. The molecule has 0 aliphatic rings. The van der Waals surface area contributed by atoms with Crippen LogP contribution in [0.25, 0.3) is 0 Å². The second kappa shape index (κ2) is 8.20. The molecule has 2 aromatic rings. The van der Waals surface area contributed by atoms with E-state index in [4.69, 9.17) is 12.2 Å². The van der Waals surface area contributed by atoms with Gasteiger partial charge in [-0.1, -0.05) is 30.3 Å². The van der Waals surface area contributed by atoms with E-state index in [-0.39, 0.29) is 11.8 Å². The van der Waals surface area contributed by atoms with Gasteiger partial charge in [-0.15, -0.1) is 13.2 Å². The van der Waals surface area contributed by atoms with Crippen molar-refractivity contribution < 1.29 is 17.9 Å². The number of nitrogens with one attached hydrogen (secondary N) is 1. The second-order valence-electron chi connectivity index (χ2n) is 5.71. The van der Waals surface area contributed by atoms with E-state index in [0.29, 0.717) is 17.3 Å². The van der Waals surface area contributed by atoms with E-state index >= 15 is 0 Å². The van der Waals surface area contributed by atoms with Crippen LogP contribution in [0.15, 0.2) is 54.6 Å². The summed E-state index contributed by atoms with van der Waals surface area (Å²) in [6.07, 6.45) is -4.70. The number of alkyl halides is 3. The standard InChI is InChI=1S/C18H19F3N2OS/c1-13(2)23(12-14-6-4-3-5-7-14)17(25)22-15-8-10-16(11-9-15)24-18(19,20)21/h3-11,13H,12H2,1-2H3,(H,22,25). The molecule has 0 spiro atoms. The van der Waals surface area contributed by atoms with Crippen LogP contribution in [0, 0.1) is 0 Å². The lowest BCUT2D eigenvalue weighted by molar-refractivity contribution is -0.274. The fourth-order valence-corrected chi connectivity index (χ4v) is 2.60. The highest BCUT2D eigenvalue weighted by molar-refractivity contribution is 7.80. The van der Waals surface area contributed by atoms with Gasteiger partial charge in [0.2, 0.25) is 0 Å². The minimum absolute atomic E-state index is 0.160. The Morgan fingerprint density at radius 3 is 2.20 bits per heavy atom. The van der Waals surface area contributed by atoms with Crippen molar-refractivity contribution in [2.24, 2.45) is 0 Å². The molecule has 1 N–H and O–H groups in total. The first-order chi connectivity index (χ1) is 11.7. The van der Waals surface area contributed by atoms with Gasteiger partial charge in [-0.2, -0.15) is 0 Å². The Hall–Kier alpha value is -2.28. The molecule has 134 valence electrons. The van der Waals surface area contributed by atoms with Crippen LogP contribution in [0.5, 0.6) is 5.75 Å². The smallest absolute Gasteiger partial charge is 0.406 e. The van der Waals surface area contributed by atoms with Crippen molar-refractivity contribution in [1.82, 2.24) is 4.90 Å². The maximum atomic E-state index is 12.2. The molecule has 0 fully saturated rings. The Morgan fingerprint density at radius 2 is 1.68 bits per heavy atom. The van der Waals surface area contributed by atoms with Gasteiger partial charge < -0.3 is 15.0 Å². The molecule has 0 amide bonds. The van der Waals surface area contributed by atoms with Crippen molar-refractivity contribution >= 4 is 23.0 Å². The molecule has 0 saturated carbocycles. The number of hydrogen-bond acceptors (Lipinski definition) is 2. The van der Waals surface area contributed by atoms with Gasteiger partial charge in [0.25, 0.3) is 0 Å². The van der Waals surface area contributed by atoms with Crippen molar-refractivity contribution in [2.75, 3.05) is 5.32 Å². The van der Waals surface area contributed by atoms with E-state index in [2.05, 4.69) is 10.1 Å². The summed E-state index contributed by atoms with van der Waals surface area (Å²) in [6, 6.07) is 15.5. The number of anilines is 1. The SMILES string of the molecule is CC(C)N(Cc1ccccc1)C(=S)Nc1ccc(OC(F)(F)F)cc1. The Bertz CT molecular complexity index is 688. The Balaban J connectivity index is 2.03. The first kappa shape index (κ1) is 19.1. The van der Waals surface area contributed by atoms with E-state index in [1.807, 2.05) is 49.1 Å². The summed E-state index contributed by atoms with van der Waals surface area (Å²) in [6.45, 7) is 4.69. The molecular weight excluding hydrogens is 349 g/mol. The van der Waals surface area contributed by atoms with E-state index in [0.717, 1.165) is 5.56 Å². The molecule has 0 bridgehead atoms. The molecule has 0 unspecified atom stereocenters. The topological polar surface area (TPSA) is 24.5 Å². The number of rotatable bonds is 5. The number of hydrogen-bond donors (Lipinski definition) is 1. The molecule has 0 aliphatic carbocycles. The monoisotopic (exact) mass is 368 g/mol. The third kappa shape index (κ3) is 6.26. The van der Waals surface area contributed by atoms with Crippen LogP contribution in [0.4, 0.5) is 18.9 Å². The molecule has 3 nitrogen and oxygen atoms in total. The van der Waals surface area contributed by atoms with Gasteiger partial charge in [0, 0.05) is 18.3 Å². The lowest BCUT2D eigenvalue weighted by Crippen LogP contribution is -2.39. The Labute approximate surface area is 150 Å². The summed E-state index contributed by atoms with van der Waals surface area (Å²) in [7, 11) is 0. The van der Waals surface area contributed by atoms with Crippen molar-refractivity contribution in [1.29, 1.82) is 0 Å². The molecule has 7 heteroatoms. The molecule has 2 rings (SSSR count). The normalized spacial score (nSPS) is 11.3. The molecule has 0 saturated heterocycles. The number of halogens is 3. The number of nitrogens with zero attached hydrogens (tertiary/aromatic N) is 1. The molecule has 0 aliphatic heterocycles. The summed E-state index contributed by atoms with van der Waals surface area (Å²) < 4.78 is 40.4. The first-order valence-corrected chi connectivity index (χ1v) is 8.13. The highest BCUT2D eigenvalue weighted by atomic mass is 32.1.